The zero-order valence-electron chi connectivity index (χ0n) is 14.6. The standard InChI is InChI=1S/C18H19N7O/c1-11(2)25-10-21-24-17(25)14-4-3-5-16(22-14)23-18(26)15-6-12-7-19-8-13(12)9-20-15/h3-6,9-11,19H,7-8H2,1-2H3,(H,22,23,26). The maximum Gasteiger partial charge on any atom is 0.275 e. The molecule has 0 spiro atoms. The molecular weight excluding hydrogens is 330 g/mol. The van der Waals surface area contributed by atoms with Gasteiger partial charge in [-0.05, 0) is 43.2 Å². The SMILES string of the molecule is CC(C)n1cnnc1-c1cccc(NC(=O)c2cc3c(cn2)CNC3)n1. The van der Waals surface area contributed by atoms with Gasteiger partial charge in [0, 0.05) is 25.3 Å². The first-order chi connectivity index (χ1) is 12.6. The van der Waals surface area contributed by atoms with E-state index in [-0.39, 0.29) is 11.9 Å². The van der Waals surface area contributed by atoms with Gasteiger partial charge >= 0.3 is 0 Å². The highest BCUT2D eigenvalue weighted by molar-refractivity contribution is 6.02. The van der Waals surface area contributed by atoms with Crippen molar-refractivity contribution in [3.8, 4) is 11.5 Å². The molecule has 0 radical (unpaired) electrons. The molecule has 132 valence electrons. The van der Waals surface area contributed by atoms with Crippen molar-refractivity contribution >= 4 is 11.7 Å². The van der Waals surface area contributed by atoms with E-state index in [4.69, 9.17) is 0 Å². The number of fused-ring (bicyclic) bond motifs is 1. The summed E-state index contributed by atoms with van der Waals surface area (Å²) in [5.41, 5.74) is 3.27. The van der Waals surface area contributed by atoms with E-state index in [0.717, 1.165) is 24.2 Å². The van der Waals surface area contributed by atoms with Crippen molar-refractivity contribution in [1.82, 2.24) is 30.0 Å². The van der Waals surface area contributed by atoms with E-state index in [2.05, 4.69) is 30.8 Å². The van der Waals surface area contributed by atoms with E-state index in [1.54, 1.807) is 18.6 Å². The number of amides is 1. The molecule has 0 unspecified atom stereocenters. The molecule has 0 saturated heterocycles. The molecule has 0 aliphatic carbocycles. The molecule has 3 aromatic heterocycles. The summed E-state index contributed by atoms with van der Waals surface area (Å²) in [6, 6.07) is 7.45. The van der Waals surface area contributed by atoms with E-state index in [1.165, 1.54) is 0 Å². The third-order valence-electron chi connectivity index (χ3n) is 4.30. The van der Waals surface area contributed by atoms with Crippen LogP contribution in [0.2, 0.25) is 0 Å². The Morgan fingerprint density at radius 2 is 2.12 bits per heavy atom. The molecule has 0 bridgehead atoms. The topological polar surface area (TPSA) is 97.6 Å². The molecule has 2 N–H and O–H groups in total. The van der Waals surface area contributed by atoms with Gasteiger partial charge in [0.15, 0.2) is 5.82 Å². The lowest BCUT2D eigenvalue weighted by molar-refractivity contribution is 0.102. The first-order valence-electron chi connectivity index (χ1n) is 8.48. The Kier molecular flexibility index (Phi) is 4.18. The van der Waals surface area contributed by atoms with Crippen LogP contribution in [-0.2, 0) is 13.1 Å². The number of aromatic nitrogens is 5. The number of hydrogen-bond donors (Lipinski definition) is 2. The fourth-order valence-electron chi connectivity index (χ4n) is 2.92. The van der Waals surface area contributed by atoms with Crippen LogP contribution >= 0.6 is 0 Å². The van der Waals surface area contributed by atoms with Gasteiger partial charge in [-0.3, -0.25) is 9.78 Å². The Morgan fingerprint density at radius 1 is 1.27 bits per heavy atom. The molecule has 4 rings (SSSR count). The molecule has 1 aliphatic rings. The van der Waals surface area contributed by atoms with E-state index < -0.39 is 0 Å². The van der Waals surface area contributed by atoms with Gasteiger partial charge in [0.05, 0.1) is 0 Å². The first kappa shape index (κ1) is 16.3. The lowest BCUT2D eigenvalue weighted by atomic mass is 10.1. The minimum atomic E-state index is -0.283. The zero-order valence-corrected chi connectivity index (χ0v) is 14.6. The van der Waals surface area contributed by atoms with Crippen molar-refractivity contribution < 1.29 is 4.79 Å². The van der Waals surface area contributed by atoms with Gasteiger partial charge in [-0.15, -0.1) is 10.2 Å². The third-order valence-corrected chi connectivity index (χ3v) is 4.30. The Labute approximate surface area is 150 Å². The van der Waals surface area contributed by atoms with Crippen LogP contribution in [0, 0.1) is 0 Å². The van der Waals surface area contributed by atoms with E-state index in [1.807, 2.05) is 36.6 Å². The summed E-state index contributed by atoms with van der Waals surface area (Å²) in [6.45, 7) is 5.65. The fourth-order valence-corrected chi connectivity index (χ4v) is 2.92. The van der Waals surface area contributed by atoms with Crippen molar-refractivity contribution in [2.24, 2.45) is 0 Å². The Bertz CT molecular complexity index is 964. The second-order valence-corrected chi connectivity index (χ2v) is 6.46. The second kappa shape index (κ2) is 6.64. The van der Waals surface area contributed by atoms with E-state index in [9.17, 15) is 4.79 Å². The van der Waals surface area contributed by atoms with Crippen molar-refractivity contribution in [1.29, 1.82) is 0 Å². The number of carbonyl (C=O) groups is 1. The molecule has 0 fully saturated rings. The van der Waals surface area contributed by atoms with Crippen LogP contribution in [0.25, 0.3) is 11.5 Å². The maximum atomic E-state index is 12.5. The molecule has 0 aromatic carbocycles. The summed E-state index contributed by atoms with van der Waals surface area (Å²) in [6.07, 6.45) is 3.43. The highest BCUT2D eigenvalue weighted by Gasteiger charge is 2.16. The molecule has 3 aromatic rings. The van der Waals surface area contributed by atoms with Crippen molar-refractivity contribution in [3.05, 3.63) is 53.6 Å². The summed E-state index contributed by atoms with van der Waals surface area (Å²) in [7, 11) is 0. The Hall–Kier alpha value is -3.13. The highest BCUT2D eigenvalue weighted by Crippen LogP contribution is 2.20. The first-order valence-corrected chi connectivity index (χ1v) is 8.48. The average molecular weight is 349 g/mol. The molecular formula is C18H19N7O. The van der Waals surface area contributed by atoms with Gasteiger partial charge in [0.25, 0.3) is 5.91 Å². The van der Waals surface area contributed by atoms with Gasteiger partial charge in [0.1, 0.15) is 23.5 Å². The summed E-state index contributed by atoms with van der Waals surface area (Å²) in [5, 5.41) is 14.2. The number of nitrogens with zero attached hydrogens (tertiary/aromatic N) is 5. The number of rotatable bonds is 4. The predicted octanol–water partition coefficient (Wildman–Crippen LogP) is 2.17. The number of anilines is 1. The molecule has 8 heteroatoms. The lowest BCUT2D eigenvalue weighted by Crippen LogP contribution is -2.15. The van der Waals surface area contributed by atoms with Gasteiger partial charge < -0.3 is 15.2 Å². The number of carbonyl (C=O) groups excluding carboxylic acids is 1. The fraction of sp³-hybridized carbons (Fsp3) is 0.278. The van der Waals surface area contributed by atoms with E-state index >= 15 is 0 Å². The van der Waals surface area contributed by atoms with E-state index in [0.29, 0.717) is 23.0 Å². The van der Waals surface area contributed by atoms with Crippen molar-refractivity contribution in [3.63, 3.8) is 0 Å². The number of hydrogen-bond acceptors (Lipinski definition) is 6. The van der Waals surface area contributed by atoms with Crippen LogP contribution in [0.4, 0.5) is 5.82 Å². The molecule has 4 heterocycles. The lowest BCUT2D eigenvalue weighted by Gasteiger charge is -2.10. The van der Waals surface area contributed by atoms with Crippen LogP contribution < -0.4 is 10.6 Å². The molecule has 1 aliphatic heterocycles. The Balaban J connectivity index is 1.57. The second-order valence-electron chi connectivity index (χ2n) is 6.46. The monoisotopic (exact) mass is 349 g/mol. The predicted molar refractivity (Wildman–Crippen MR) is 96.4 cm³/mol. The number of pyridine rings is 2. The van der Waals surface area contributed by atoms with Crippen molar-refractivity contribution in [2.75, 3.05) is 5.32 Å². The van der Waals surface area contributed by atoms with Gasteiger partial charge in [-0.2, -0.15) is 0 Å². The summed E-state index contributed by atoms with van der Waals surface area (Å²) in [4.78, 5) is 21.3. The van der Waals surface area contributed by atoms with Crippen LogP contribution in [-0.4, -0.2) is 30.6 Å². The summed E-state index contributed by atoms with van der Waals surface area (Å²) in [5.74, 6) is 0.832. The van der Waals surface area contributed by atoms with Crippen molar-refractivity contribution in [2.45, 2.75) is 33.0 Å². The Morgan fingerprint density at radius 3 is 2.96 bits per heavy atom. The number of nitrogens with one attached hydrogen (secondary N) is 2. The molecule has 0 saturated carbocycles. The zero-order chi connectivity index (χ0) is 18.1. The molecule has 1 amide bonds. The average Bonchev–Trinajstić information content (AvgIpc) is 3.30. The minimum Gasteiger partial charge on any atom is -0.310 e. The highest BCUT2D eigenvalue weighted by atomic mass is 16.1. The van der Waals surface area contributed by atoms with Crippen LogP contribution in [0.15, 0.2) is 36.8 Å². The smallest absolute Gasteiger partial charge is 0.275 e. The van der Waals surface area contributed by atoms with Gasteiger partial charge in [0.2, 0.25) is 0 Å². The van der Waals surface area contributed by atoms with Crippen LogP contribution in [0.5, 0.6) is 0 Å². The molecule has 8 nitrogen and oxygen atoms in total. The molecule has 0 atom stereocenters. The van der Waals surface area contributed by atoms with Crippen LogP contribution in [0.1, 0.15) is 41.5 Å². The van der Waals surface area contributed by atoms with Gasteiger partial charge in [-0.1, -0.05) is 6.07 Å². The van der Waals surface area contributed by atoms with Crippen LogP contribution in [0.3, 0.4) is 0 Å². The molecule has 26 heavy (non-hydrogen) atoms. The summed E-state index contributed by atoms with van der Waals surface area (Å²) < 4.78 is 1.93. The van der Waals surface area contributed by atoms with Gasteiger partial charge in [-0.25, -0.2) is 4.98 Å². The third kappa shape index (κ3) is 3.06. The maximum absolute atomic E-state index is 12.5. The summed E-state index contributed by atoms with van der Waals surface area (Å²) >= 11 is 0. The normalized spacial score (nSPS) is 13.0. The quantitative estimate of drug-likeness (QED) is 0.749. The largest absolute Gasteiger partial charge is 0.310 e. The minimum absolute atomic E-state index is 0.212.